The minimum Gasteiger partial charge on any atom is -0.394 e. The molecule has 1 aromatic carbocycles. The molecule has 0 unspecified atom stereocenters. The second kappa shape index (κ2) is 5.43. The number of hydrogen-bond acceptors (Lipinski definition) is 6. The zero-order valence-corrected chi connectivity index (χ0v) is 12.4. The Morgan fingerprint density at radius 3 is 3.05 bits per heavy atom. The van der Waals surface area contributed by atoms with Crippen molar-refractivity contribution in [2.45, 2.75) is 11.4 Å². The maximum absolute atomic E-state index is 12.3. The van der Waals surface area contributed by atoms with Crippen LogP contribution in [0.4, 0.5) is 5.69 Å². The Balaban J connectivity index is 1.87. The van der Waals surface area contributed by atoms with Gasteiger partial charge in [0.2, 0.25) is 0 Å². The van der Waals surface area contributed by atoms with Gasteiger partial charge in [0.15, 0.2) is 0 Å². The van der Waals surface area contributed by atoms with Crippen LogP contribution in [-0.2, 0) is 16.6 Å². The van der Waals surface area contributed by atoms with Crippen LogP contribution < -0.4 is 4.72 Å². The number of nitrogens with one attached hydrogen (secondary N) is 1. The number of aromatic nitrogens is 3. The minimum absolute atomic E-state index is 0.0559. The molecular formula is C12H12N4O3S2. The van der Waals surface area contributed by atoms with E-state index in [-0.39, 0.29) is 18.0 Å². The quantitative estimate of drug-likeness (QED) is 0.737. The van der Waals surface area contributed by atoms with Gasteiger partial charge in [0.25, 0.3) is 10.0 Å². The van der Waals surface area contributed by atoms with Crippen molar-refractivity contribution in [2.75, 3.05) is 11.3 Å². The highest BCUT2D eigenvalue weighted by Crippen LogP contribution is 2.23. The fourth-order valence-corrected chi connectivity index (χ4v) is 3.56. The van der Waals surface area contributed by atoms with Crippen LogP contribution in [0.3, 0.4) is 0 Å². The average Bonchev–Trinajstić information content (AvgIpc) is 3.07. The summed E-state index contributed by atoms with van der Waals surface area (Å²) in [7, 11) is -3.69. The largest absolute Gasteiger partial charge is 0.394 e. The molecule has 0 fully saturated rings. The molecule has 0 spiro atoms. The first-order valence-corrected chi connectivity index (χ1v) is 8.44. The fraction of sp³-hybridized carbons (Fsp3) is 0.167. The van der Waals surface area contributed by atoms with Crippen molar-refractivity contribution in [2.24, 2.45) is 0 Å². The summed E-state index contributed by atoms with van der Waals surface area (Å²) in [6.07, 6.45) is 2.63. The average molecular weight is 324 g/mol. The third-order valence-corrected chi connectivity index (χ3v) is 4.96. The summed E-state index contributed by atoms with van der Waals surface area (Å²) in [5.41, 5.74) is 3.02. The topological polar surface area (TPSA) is 97.1 Å². The Labute approximate surface area is 124 Å². The number of nitrogens with zero attached hydrogens (tertiary/aromatic N) is 3. The molecule has 0 amide bonds. The summed E-state index contributed by atoms with van der Waals surface area (Å²) >= 11 is 1.44. The Kier molecular flexibility index (Phi) is 3.62. The first-order valence-electron chi connectivity index (χ1n) is 6.08. The number of aliphatic hydroxyl groups excluding tert-OH is 1. The smallest absolute Gasteiger partial charge is 0.265 e. The van der Waals surface area contributed by atoms with Crippen LogP contribution in [0.15, 0.2) is 41.0 Å². The van der Waals surface area contributed by atoms with E-state index in [1.807, 2.05) is 0 Å². The Bertz CT molecular complexity index is 869. The highest BCUT2D eigenvalue weighted by atomic mass is 32.2. The van der Waals surface area contributed by atoms with E-state index < -0.39 is 10.0 Å². The molecule has 0 atom stereocenters. The second-order valence-electron chi connectivity index (χ2n) is 4.30. The fourth-order valence-electron chi connectivity index (χ4n) is 1.84. The molecule has 0 saturated heterocycles. The number of hydrogen-bond donors (Lipinski definition) is 2. The summed E-state index contributed by atoms with van der Waals surface area (Å²) in [6, 6.07) is 5.17. The third kappa shape index (κ3) is 2.89. The van der Waals surface area contributed by atoms with E-state index in [0.717, 1.165) is 10.2 Å². The number of thiazole rings is 1. The summed E-state index contributed by atoms with van der Waals surface area (Å²) in [5, 5.41) is 12.7. The summed E-state index contributed by atoms with van der Waals surface area (Å²) < 4.78 is 29.3. The van der Waals surface area contributed by atoms with Crippen LogP contribution in [0, 0.1) is 0 Å². The van der Waals surface area contributed by atoms with Gasteiger partial charge in [-0.3, -0.25) is 9.40 Å². The van der Waals surface area contributed by atoms with Gasteiger partial charge in [-0.15, -0.1) is 11.3 Å². The lowest BCUT2D eigenvalue weighted by Gasteiger charge is -2.05. The van der Waals surface area contributed by atoms with E-state index in [9.17, 15) is 8.42 Å². The molecule has 0 radical (unpaired) electrons. The Hall–Kier alpha value is -1.97. The molecule has 21 heavy (non-hydrogen) atoms. The van der Waals surface area contributed by atoms with E-state index >= 15 is 0 Å². The van der Waals surface area contributed by atoms with Crippen LogP contribution in [0.5, 0.6) is 0 Å². The third-order valence-electron chi connectivity index (χ3n) is 2.83. The highest BCUT2D eigenvalue weighted by molar-refractivity contribution is 7.92. The van der Waals surface area contributed by atoms with Gasteiger partial charge in [0, 0.05) is 6.20 Å². The Morgan fingerprint density at radius 2 is 2.24 bits per heavy atom. The van der Waals surface area contributed by atoms with Crippen LogP contribution in [0.2, 0.25) is 0 Å². The van der Waals surface area contributed by atoms with Crippen LogP contribution >= 0.6 is 11.3 Å². The van der Waals surface area contributed by atoms with Crippen molar-refractivity contribution in [3.8, 4) is 0 Å². The van der Waals surface area contributed by atoms with Crippen LogP contribution in [0.1, 0.15) is 0 Å². The number of benzene rings is 1. The van der Waals surface area contributed by atoms with Crippen LogP contribution in [-0.4, -0.2) is 34.9 Å². The van der Waals surface area contributed by atoms with E-state index in [2.05, 4.69) is 14.8 Å². The lowest BCUT2D eigenvalue weighted by Crippen LogP contribution is -2.12. The van der Waals surface area contributed by atoms with Crippen molar-refractivity contribution >= 4 is 37.3 Å². The number of rotatable bonds is 5. The SMILES string of the molecule is O=S(=O)(Nc1ccc2ncsc2c1)c1cnn(CCO)c1. The maximum Gasteiger partial charge on any atom is 0.265 e. The van der Waals surface area contributed by atoms with Gasteiger partial charge in [-0.25, -0.2) is 13.4 Å². The molecule has 2 N–H and O–H groups in total. The van der Waals surface area contributed by atoms with Crippen molar-refractivity contribution in [1.29, 1.82) is 0 Å². The molecule has 3 aromatic rings. The molecule has 0 aliphatic rings. The van der Waals surface area contributed by atoms with Gasteiger partial charge in [-0.1, -0.05) is 0 Å². The monoisotopic (exact) mass is 324 g/mol. The molecule has 2 heterocycles. The van der Waals surface area contributed by atoms with Crippen molar-refractivity contribution in [1.82, 2.24) is 14.8 Å². The van der Waals surface area contributed by atoms with Gasteiger partial charge in [-0.2, -0.15) is 5.10 Å². The second-order valence-corrected chi connectivity index (χ2v) is 6.87. The molecule has 110 valence electrons. The van der Waals surface area contributed by atoms with Gasteiger partial charge < -0.3 is 5.11 Å². The maximum atomic E-state index is 12.3. The molecule has 0 saturated carbocycles. The molecule has 0 bridgehead atoms. The summed E-state index contributed by atoms with van der Waals surface area (Å²) in [4.78, 5) is 4.20. The first-order chi connectivity index (χ1) is 10.1. The van der Waals surface area contributed by atoms with E-state index in [4.69, 9.17) is 5.11 Å². The minimum atomic E-state index is -3.69. The summed E-state index contributed by atoms with van der Waals surface area (Å²) in [5.74, 6) is 0. The Morgan fingerprint density at radius 1 is 1.38 bits per heavy atom. The van der Waals surface area contributed by atoms with E-state index in [1.165, 1.54) is 28.4 Å². The van der Waals surface area contributed by atoms with E-state index in [0.29, 0.717) is 5.69 Å². The number of fused-ring (bicyclic) bond motifs is 1. The predicted molar refractivity (Wildman–Crippen MR) is 79.7 cm³/mol. The number of aliphatic hydroxyl groups is 1. The van der Waals surface area contributed by atoms with Gasteiger partial charge >= 0.3 is 0 Å². The standard InChI is InChI=1S/C12H12N4O3S2/c17-4-3-16-7-10(6-14-16)21(18,19)15-9-1-2-11-12(5-9)20-8-13-11/h1-2,5-8,15,17H,3-4H2. The first kappa shape index (κ1) is 14.0. The molecule has 9 heteroatoms. The molecule has 0 aliphatic heterocycles. The zero-order valence-electron chi connectivity index (χ0n) is 10.8. The predicted octanol–water partition coefficient (Wildman–Crippen LogP) is 1.29. The lowest BCUT2D eigenvalue weighted by atomic mass is 10.3. The van der Waals surface area contributed by atoms with Crippen molar-refractivity contribution in [3.63, 3.8) is 0 Å². The molecule has 2 aromatic heterocycles. The normalized spacial score (nSPS) is 11.9. The van der Waals surface area contributed by atoms with Gasteiger partial charge in [-0.05, 0) is 18.2 Å². The highest BCUT2D eigenvalue weighted by Gasteiger charge is 2.17. The summed E-state index contributed by atoms with van der Waals surface area (Å²) in [6.45, 7) is 0.152. The zero-order chi connectivity index (χ0) is 14.9. The van der Waals surface area contributed by atoms with Crippen LogP contribution in [0.25, 0.3) is 10.2 Å². The number of sulfonamides is 1. The lowest BCUT2D eigenvalue weighted by molar-refractivity contribution is 0.269. The van der Waals surface area contributed by atoms with Gasteiger partial charge in [0.1, 0.15) is 4.90 Å². The molecule has 3 rings (SSSR count). The van der Waals surface area contributed by atoms with E-state index in [1.54, 1.807) is 23.7 Å². The molecular weight excluding hydrogens is 312 g/mol. The molecule has 7 nitrogen and oxygen atoms in total. The molecule has 0 aliphatic carbocycles. The number of anilines is 1. The van der Waals surface area contributed by atoms with Crippen molar-refractivity contribution < 1.29 is 13.5 Å². The van der Waals surface area contributed by atoms with Gasteiger partial charge in [0.05, 0.1) is 40.8 Å². The van der Waals surface area contributed by atoms with Crippen molar-refractivity contribution in [3.05, 3.63) is 36.1 Å².